The number of para-hydroxylation sites is 3. The van der Waals surface area contributed by atoms with Gasteiger partial charge in [-0.15, -0.1) is 0 Å². The molecule has 0 spiro atoms. The van der Waals surface area contributed by atoms with E-state index in [2.05, 4.69) is 4.90 Å². The summed E-state index contributed by atoms with van der Waals surface area (Å²) in [6.45, 7) is 2.73. The third-order valence-electron chi connectivity index (χ3n) is 4.92. The number of aromatic hydroxyl groups is 1. The highest BCUT2D eigenvalue weighted by Crippen LogP contribution is 2.28. The molecule has 1 fully saturated rings. The van der Waals surface area contributed by atoms with Gasteiger partial charge in [0.25, 0.3) is 5.91 Å². The highest BCUT2D eigenvalue weighted by molar-refractivity contribution is 6.07. The van der Waals surface area contributed by atoms with Crippen molar-refractivity contribution in [1.29, 1.82) is 0 Å². The maximum Gasteiger partial charge on any atom is 0.256 e. The number of phenolic OH excluding ortho intramolecular Hbond substituents is 1. The fraction of sp³-hybridized carbons (Fsp3) is 0.250. The second kappa shape index (κ2) is 6.16. The van der Waals surface area contributed by atoms with E-state index in [4.69, 9.17) is 0 Å². The molecule has 1 saturated heterocycles. The van der Waals surface area contributed by atoms with Crippen LogP contribution in [0.4, 0.5) is 5.69 Å². The molecular weight excluding hydrogens is 314 g/mol. The molecule has 25 heavy (non-hydrogen) atoms. The molecule has 0 bridgehead atoms. The van der Waals surface area contributed by atoms with E-state index in [9.17, 15) is 9.90 Å². The predicted octanol–water partition coefficient (Wildman–Crippen LogP) is 2.85. The van der Waals surface area contributed by atoms with Crippen molar-refractivity contribution in [3.05, 3.63) is 60.3 Å². The van der Waals surface area contributed by atoms with Crippen molar-refractivity contribution < 1.29 is 9.90 Å². The summed E-state index contributed by atoms with van der Waals surface area (Å²) in [5.74, 6) is 0.366. The molecule has 0 aliphatic carbocycles. The molecule has 0 unspecified atom stereocenters. The number of aryl methyl sites for hydroxylation is 1. The van der Waals surface area contributed by atoms with Gasteiger partial charge in [-0.25, -0.2) is 0 Å². The van der Waals surface area contributed by atoms with Crippen LogP contribution in [0.5, 0.6) is 5.75 Å². The second-order valence-corrected chi connectivity index (χ2v) is 6.44. The van der Waals surface area contributed by atoms with E-state index in [0.717, 1.165) is 22.2 Å². The van der Waals surface area contributed by atoms with Crippen LogP contribution in [0, 0.1) is 0 Å². The second-order valence-electron chi connectivity index (χ2n) is 6.44. The Hall–Kier alpha value is -2.95. The largest absolute Gasteiger partial charge is 0.506 e. The third-order valence-corrected chi connectivity index (χ3v) is 4.92. The first kappa shape index (κ1) is 15.6. The molecule has 1 amide bonds. The van der Waals surface area contributed by atoms with Crippen LogP contribution < -0.4 is 4.90 Å². The lowest BCUT2D eigenvalue weighted by atomic mass is 10.1. The highest BCUT2D eigenvalue weighted by Gasteiger charge is 2.25. The van der Waals surface area contributed by atoms with Crippen molar-refractivity contribution in [3.63, 3.8) is 0 Å². The standard InChI is InChI=1S/C20H21N3O2/c1-21-14-16(15-6-2-3-7-17(15)21)20(25)23-12-10-22(11-13-23)18-8-4-5-9-19(18)24/h2-9,14,24H,10-13H2,1H3. The molecule has 0 saturated carbocycles. The number of rotatable bonds is 2. The van der Waals surface area contributed by atoms with Crippen LogP contribution in [0.1, 0.15) is 10.4 Å². The topological polar surface area (TPSA) is 48.7 Å². The van der Waals surface area contributed by atoms with Crippen LogP contribution in [0.25, 0.3) is 10.9 Å². The highest BCUT2D eigenvalue weighted by atomic mass is 16.3. The van der Waals surface area contributed by atoms with Gasteiger partial charge in [-0.1, -0.05) is 30.3 Å². The van der Waals surface area contributed by atoms with Gasteiger partial charge in [-0.3, -0.25) is 4.79 Å². The van der Waals surface area contributed by atoms with Crippen LogP contribution in [-0.2, 0) is 7.05 Å². The lowest BCUT2D eigenvalue weighted by Gasteiger charge is -2.36. The zero-order valence-corrected chi connectivity index (χ0v) is 14.2. The Balaban J connectivity index is 1.52. The number of carbonyl (C=O) groups is 1. The monoisotopic (exact) mass is 335 g/mol. The van der Waals surface area contributed by atoms with Crippen molar-refractivity contribution in [2.45, 2.75) is 0 Å². The van der Waals surface area contributed by atoms with E-state index in [1.807, 2.05) is 65.2 Å². The van der Waals surface area contributed by atoms with Gasteiger partial charge in [-0.2, -0.15) is 0 Å². The van der Waals surface area contributed by atoms with E-state index in [-0.39, 0.29) is 11.7 Å². The van der Waals surface area contributed by atoms with E-state index in [1.165, 1.54) is 0 Å². The van der Waals surface area contributed by atoms with Gasteiger partial charge in [0, 0.05) is 50.3 Å². The molecular formula is C20H21N3O2. The van der Waals surface area contributed by atoms with Crippen molar-refractivity contribution in [2.24, 2.45) is 7.05 Å². The molecule has 2 aromatic carbocycles. The summed E-state index contributed by atoms with van der Waals surface area (Å²) in [4.78, 5) is 17.0. The summed E-state index contributed by atoms with van der Waals surface area (Å²) < 4.78 is 2.00. The maximum absolute atomic E-state index is 13.0. The van der Waals surface area contributed by atoms with Gasteiger partial charge in [0.2, 0.25) is 0 Å². The number of carbonyl (C=O) groups excluding carboxylic acids is 1. The zero-order valence-electron chi connectivity index (χ0n) is 14.2. The Labute approximate surface area is 146 Å². The maximum atomic E-state index is 13.0. The van der Waals surface area contributed by atoms with Crippen molar-refractivity contribution >= 4 is 22.5 Å². The number of piperazine rings is 1. The van der Waals surface area contributed by atoms with Crippen LogP contribution in [-0.4, -0.2) is 46.7 Å². The fourth-order valence-electron chi connectivity index (χ4n) is 3.56. The molecule has 4 rings (SSSR count). The minimum Gasteiger partial charge on any atom is -0.506 e. The molecule has 1 aliphatic heterocycles. The summed E-state index contributed by atoms with van der Waals surface area (Å²) in [5.41, 5.74) is 2.66. The van der Waals surface area contributed by atoms with Crippen molar-refractivity contribution in [3.8, 4) is 5.75 Å². The number of phenols is 1. The Kier molecular flexibility index (Phi) is 3.84. The van der Waals surface area contributed by atoms with Crippen LogP contribution in [0.15, 0.2) is 54.7 Å². The number of anilines is 1. The molecule has 1 N–H and O–H groups in total. The molecule has 128 valence electrons. The fourth-order valence-corrected chi connectivity index (χ4v) is 3.56. The minimum atomic E-state index is 0.0775. The quantitative estimate of drug-likeness (QED) is 0.783. The Bertz CT molecular complexity index is 924. The average molecular weight is 335 g/mol. The number of hydrogen-bond acceptors (Lipinski definition) is 3. The van der Waals surface area contributed by atoms with Crippen molar-refractivity contribution in [2.75, 3.05) is 31.1 Å². The number of nitrogens with zero attached hydrogens (tertiary/aromatic N) is 3. The minimum absolute atomic E-state index is 0.0775. The van der Waals surface area contributed by atoms with Gasteiger partial charge >= 0.3 is 0 Å². The molecule has 1 aromatic heterocycles. The average Bonchev–Trinajstić information content (AvgIpc) is 2.99. The van der Waals surface area contributed by atoms with E-state index < -0.39 is 0 Å². The number of aromatic nitrogens is 1. The van der Waals surface area contributed by atoms with Gasteiger partial charge in [0.05, 0.1) is 11.3 Å². The van der Waals surface area contributed by atoms with Crippen LogP contribution in [0.2, 0.25) is 0 Å². The van der Waals surface area contributed by atoms with E-state index in [1.54, 1.807) is 6.07 Å². The van der Waals surface area contributed by atoms with Crippen LogP contribution in [0.3, 0.4) is 0 Å². The third kappa shape index (κ3) is 2.71. The lowest BCUT2D eigenvalue weighted by molar-refractivity contribution is 0.0748. The number of fused-ring (bicyclic) bond motifs is 1. The number of amides is 1. The Morgan fingerprint density at radius 3 is 2.40 bits per heavy atom. The van der Waals surface area contributed by atoms with Gasteiger partial charge < -0.3 is 19.5 Å². The summed E-state index contributed by atoms with van der Waals surface area (Å²) in [5, 5.41) is 11.0. The summed E-state index contributed by atoms with van der Waals surface area (Å²) in [6.07, 6.45) is 1.92. The van der Waals surface area contributed by atoms with E-state index in [0.29, 0.717) is 26.2 Å². The first-order chi connectivity index (χ1) is 12.1. The molecule has 3 aromatic rings. The molecule has 5 nitrogen and oxygen atoms in total. The van der Waals surface area contributed by atoms with Gasteiger partial charge in [0.1, 0.15) is 5.75 Å². The molecule has 0 radical (unpaired) electrons. The van der Waals surface area contributed by atoms with Gasteiger partial charge in [-0.05, 0) is 18.2 Å². The summed E-state index contributed by atoms with van der Waals surface area (Å²) in [6, 6.07) is 15.3. The Morgan fingerprint density at radius 1 is 0.960 bits per heavy atom. The van der Waals surface area contributed by atoms with Crippen molar-refractivity contribution in [1.82, 2.24) is 9.47 Å². The first-order valence-electron chi connectivity index (χ1n) is 8.51. The molecule has 0 atom stereocenters. The normalized spacial score (nSPS) is 14.9. The molecule has 1 aliphatic rings. The van der Waals surface area contributed by atoms with Crippen LogP contribution >= 0.6 is 0 Å². The van der Waals surface area contributed by atoms with Gasteiger partial charge in [0.15, 0.2) is 0 Å². The summed E-state index contributed by atoms with van der Waals surface area (Å²) >= 11 is 0. The van der Waals surface area contributed by atoms with E-state index >= 15 is 0 Å². The number of benzene rings is 2. The number of hydrogen-bond donors (Lipinski definition) is 1. The predicted molar refractivity (Wildman–Crippen MR) is 99.1 cm³/mol. The SMILES string of the molecule is Cn1cc(C(=O)N2CCN(c3ccccc3O)CC2)c2ccccc21. The smallest absolute Gasteiger partial charge is 0.256 e. The molecule has 2 heterocycles. The zero-order chi connectivity index (χ0) is 17.4. The Morgan fingerprint density at radius 2 is 1.64 bits per heavy atom. The lowest BCUT2D eigenvalue weighted by Crippen LogP contribution is -2.48. The molecule has 5 heteroatoms. The first-order valence-corrected chi connectivity index (χ1v) is 8.51. The summed E-state index contributed by atoms with van der Waals surface area (Å²) in [7, 11) is 1.97.